The number of anilines is 1. The molecule has 0 radical (unpaired) electrons. The van der Waals surface area contributed by atoms with Gasteiger partial charge in [-0.3, -0.25) is 9.59 Å². The van der Waals surface area contributed by atoms with Crippen molar-refractivity contribution >= 4 is 29.2 Å². The maximum Gasteiger partial charge on any atom is 0.313 e. The van der Waals surface area contributed by atoms with E-state index >= 15 is 0 Å². The van der Waals surface area contributed by atoms with Gasteiger partial charge in [0.25, 0.3) is 5.91 Å². The predicted octanol–water partition coefficient (Wildman–Crippen LogP) is 4.42. The molecule has 0 spiro atoms. The summed E-state index contributed by atoms with van der Waals surface area (Å²) in [5.74, 6) is -0.204. The van der Waals surface area contributed by atoms with Crippen molar-refractivity contribution in [2.75, 3.05) is 18.6 Å². The van der Waals surface area contributed by atoms with Crippen LogP contribution in [0.25, 0.3) is 0 Å². The highest BCUT2D eigenvalue weighted by atomic mass is 35.5. The molecule has 148 valence electrons. The quantitative estimate of drug-likeness (QED) is 0.712. The topological polar surface area (TPSA) is 55.8 Å². The standard InChI is InChI=1S/C22H24ClNO4/c1-13-9-16(10-14(2)21(13)23)28-12-20(25)24-15(3)11-18(22(26)27-4)17-7-5-6-8-19(17)24/h5-10,15,18H,11-12H2,1-4H3. The lowest BCUT2D eigenvalue weighted by Crippen LogP contribution is -2.46. The van der Waals surface area contributed by atoms with Crippen LogP contribution < -0.4 is 9.64 Å². The van der Waals surface area contributed by atoms with Gasteiger partial charge in [-0.2, -0.15) is 0 Å². The highest BCUT2D eigenvalue weighted by Gasteiger charge is 2.37. The summed E-state index contributed by atoms with van der Waals surface area (Å²) in [5, 5.41) is 0.700. The molecule has 2 aromatic rings. The van der Waals surface area contributed by atoms with Gasteiger partial charge in [-0.05, 0) is 62.1 Å². The van der Waals surface area contributed by atoms with Gasteiger partial charge in [0.05, 0.1) is 13.0 Å². The van der Waals surface area contributed by atoms with E-state index in [1.54, 1.807) is 4.90 Å². The number of esters is 1. The van der Waals surface area contributed by atoms with E-state index in [-0.39, 0.29) is 30.4 Å². The third-order valence-corrected chi connectivity index (χ3v) is 5.71. The molecule has 0 aliphatic carbocycles. The second-order valence-corrected chi connectivity index (χ2v) is 7.52. The van der Waals surface area contributed by atoms with Gasteiger partial charge in [-0.15, -0.1) is 0 Å². The highest BCUT2D eigenvalue weighted by Crippen LogP contribution is 2.39. The Morgan fingerprint density at radius 1 is 1.18 bits per heavy atom. The number of para-hydroxylation sites is 1. The SMILES string of the molecule is COC(=O)C1CC(C)N(C(=O)COc2cc(C)c(Cl)c(C)c2)c2ccccc21. The number of hydrogen-bond donors (Lipinski definition) is 0. The molecule has 1 heterocycles. The van der Waals surface area contributed by atoms with Crippen LogP contribution in [0.15, 0.2) is 36.4 Å². The molecule has 5 nitrogen and oxygen atoms in total. The third-order valence-electron chi connectivity index (χ3n) is 5.12. The van der Waals surface area contributed by atoms with E-state index in [9.17, 15) is 9.59 Å². The van der Waals surface area contributed by atoms with Crippen LogP contribution in [0.1, 0.15) is 36.0 Å². The average Bonchev–Trinajstić information content (AvgIpc) is 2.68. The van der Waals surface area contributed by atoms with Gasteiger partial charge < -0.3 is 14.4 Å². The molecular weight excluding hydrogens is 378 g/mol. The molecule has 2 unspecified atom stereocenters. The minimum absolute atomic E-state index is 0.0952. The van der Waals surface area contributed by atoms with Crippen molar-refractivity contribution in [2.45, 2.75) is 39.2 Å². The first-order valence-corrected chi connectivity index (χ1v) is 9.59. The molecule has 1 amide bonds. The van der Waals surface area contributed by atoms with Gasteiger partial charge in [0.1, 0.15) is 5.75 Å². The molecule has 0 aromatic heterocycles. The highest BCUT2D eigenvalue weighted by molar-refractivity contribution is 6.32. The lowest BCUT2D eigenvalue weighted by atomic mass is 9.86. The zero-order valence-corrected chi connectivity index (χ0v) is 17.2. The van der Waals surface area contributed by atoms with Gasteiger partial charge in [0.15, 0.2) is 6.61 Å². The van der Waals surface area contributed by atoms with Crippen LogP contribution in [0.4, 0.5) is 5.69 Å². The molecule has 0 saturated carbocycles. The summed E-state index contributed by atoms with van der Waals surface area (Å²) in [4.78, 5) is 26.9. The van der Waals surface area contributed by atoms with Crippen LogP contribution in [0.3, 0.4) is 0 Å². The van der Waals surface area contributed by atoms with E-state index in [0.29, 0.717) is 17.2 Å². The van der Waals surface area contributed by atoms with Crippen LogP contribution in [0.5, 0.6) is 5.75 Å². The van der Waals surface area contributed by atoms with Gasteiger partial charge in [-0.1, -0.05) is 29.8 Å². The minimum Gasteiger partial charge on any atom is -0.484 e. The van der Waals surface area contributed by atoms with E-state index < -0.39 is 0 Å². The Morgan fingerprint density at radius 2 is 1.82 bits per heavy atom. The van der Waals surface area contributed by atoms with Gasteiger partial charge >= 0.3 is 5.97 Å². The van der Waals surface area contributed by atoms with Crippen LogP contribution in [0, 0.1) is 13.8 Å². The molecule has 6 heteroatoms. The van der Waals surface area contributed by atoms with Crippen LogP contribution in [-0.4, -0.2) is 31.6 Å². The average molecular weight is 402 g/mol. The number of methoxy groups -OCH3 is 1. The molecule has 0 N–H and O–H groups in total. The number of fused-ring (bicyclic) bond motifs is 1. The molecule has 2 atom stereocenters. The Kier molecular flexibility index (Phi) is 5.94. The number of ether oxygens (including phenoxy) is 2. The number of carbonyl (C=O) groups excluding carboxylic acids is 2. The van der Waals surface area contributed by atoms with Crippen LogP contribution in [-0.2, 0) is 14.3 Å². The van der Waals surface area contributed by atoms with Crippen molar-refractivity contribution in [1.29, 1.82) is 0 Å². The zero-order chi connectivity index (χ0) is 20.4. The first-order valence-electron chi connectivity index (χ1n) is 9.21. The Morgan fingerprint density at radius 3 is 2.46 bits per heavy atom. The Hall–Kier alpha value is -2.53. The number of hydrogen-bond acceptors (Lipinski definition) is 4. The second-order valence-electron chi connectivity index (χ2n) is 7.14. The number of halogens is 1. The smallest absolute Gasteiger partial charge is 0.313 e. The first-order chi connectivity index (χ1) is 13.3. The lowest BCUT2D eigenvalue weighted by molar-refractivity contribution is -0.143. The van der Waals surface area contributed by atoms with E-state index in [1.807, 2.05) is 57.2 Å². The van der Waals surface area contributed by atoms with Gasteiger partial charge in [0, 0.05) is 16.8 Å². The van der Waals surface area contributed by atoms with Crippen molar-refractivity contribution < 1.29 is 19.1 Å². The molecule has 0 bridgehead atoms. The molecule has 1 aliphatic rings. The summed E-state index contributed by atoms with van der Waals surface area (Å²) >= 11 is 6.19. The molecule has 3 rings (SSSR count). The summed E-state index contributed by atoms with van der Waals surface area (Å²) in [6, 6.07) is 10.9. The number of carbonyl (C=O) groups is 2. The number of aryl methyl sites for hydroxylation is 2. The fourth-order valence-electron chi connectivity index (χ4n) is 3.76. The largest absolute Gasteiger partial charge is 0.484 e. The number of amides is 1. The predicted molar refractivity (Wildman–Crippen MR) is 109 cm³/mol. The van der Waals surface area contributed by atoms with Crippen LogP contribution >= 0.6 is 11.6 Å². The third kappa shape index (κ3) is 3.85. The van der Waals surface area contributed by atoms with Crippen molar-refractivity contribution in [1.82, 2.24) is 0 Å². The molecule has 2 aromatic carbocycles. The Labute approximate surface area is 170 Å². The molecule has 0 saturated heterocycles. The minimum atomic E-state index is -0.372. The number of nitrogens with zero attached hydrogens (tertiary/aromatic N) is 1. The van der Waals surface area contributed by atoms with E-state index in [0.717, 1.165) is 22.4 Å². The molecule has 1 aliphatic heterocycles. The van der Waals surface area contributed by atoms with Crippen molar-refractivity contribution in [3.05, 3.63) is 58.1 Å². The normalized spacial score (nSPS) is 18.4. The van der Waals surface area contributed by atoms with E-state index in [2.05, 4.69) is 0 Å². The van der Waals surface area contributed by atoms with Gasteiger partial charge in [0.2, 0.25) is 0 Å². The summed E-state index contributed by atoms with van der Waals surface area (Å²) in [6.07, 6.45) is 0.509. The molecule has 0 fully saturated rings. The maximum atomic E-state index is 13.0. The van der Waals surface area contributed by atoms with Gasteiger partial charge in [-0.25, -0.2) is 0 Å². The monoisotopic (exact) mass is 401 g/mol. The van der Waals surface area contributed by atoms with Crippen LogP contribution in [0.2, 0.25) is 5.02 Å². The summed E-state index contributed by atoms with van der Waals surface area (Å²) < 4.78 is 10.7. The van der Waals surface area contributed by atoms with E-state index in [1.165, 1.54) is 7.11 Å². The molecular formula is C22H24ClNO4. The van der Waals surface area contributed by atoms with Crippen molar-refractivity contribution in [3.8, 4) is 5.75 Å². The summed E-state index contributed by atoms with van der Waals surface area (Å²) in [6.45, 7) is 5.64. The number of benzene rings is 2. The first kappa shape index (κ1) is 20.2. The summed E-state index contributed by atoms with van der Waals surface area (Å²) in [7, 11) is 1.39. The lowest BCUT2D eigenvalue weighted by Gasteiger charge is -2.38. The number of rotatable bonds is 4. The fourth-order valence-corrected chi connectivity index (χ4v) is 3.87. The van der Waals surface area contributed by atoms with Crippen molar-refractivity contribution in [3.63, 3.8) is 0 Å². The fraction of sp³-hybridized carbons (Fsp3) is 0.364. The second kappa shape index (κ2) is 8.23. The Bertz CT molecular complexity index is 888. The maximum absolute atomic E-state index is 13.0. The zero-order valence-electron chi connectivity index (χ0n) is 16.5. The van der Waals surface area contributed by atoms with E-state index in [4.69, 9.17) is 21.1 Å². The Balaban J connectivity index is 1.82. The summed E-state index contributed by atoms with van der Waals surface area (Å²) in [5.41, 5.74) is 3.34. The van der Waals surface area contributed by atoms with Crippen molar-refractivity contribution in [2.24, 2.45) is 0 Å². The molecule has 28 heavy (non-hydrogen) atoms.